The van der Waals surface area contributed by atoms with Gasteiger partial charge in [-0.3, -0.25) is 14.9 Å². The van der Waals surface area contributed by atoms with E-state index in [9.17, 15) is 14.4 Å². The lowest BCUT2D eigenvalue weighted by Crippen LogP contribution is -2.44. The van der Waals surface area contributed by atoms with Crippen LogP contribution in [-0.4, -0.2) is 29.1 Å². The molecule has 0 saturated carbocycles. The molecule has 0 heterocycles. The lowest BCUT2D eigenvalue weighted by molar-refractivity contribution is -0.138. The van der Waals surface area contributed by atoms with Crippen LogP contribution in [0.15, 0.2) is 24.3 Å². The Kier molecular flexibility index (Phi) is 4.34. The van der Waals surface area contributed by atoms with E-state index in [4.69, 9.17) is 5.11 Å². The van der Waals surface area contributed by atoms with Gasteiger partial charge in [0.2, 0.25) is 5.91 Å². The second-order valence-electron chi connectivity index (χ2n) is 4.79. The monoisotopic (exact) mass is 276 g/mol. The number of urea groups is 1. The SMILES string of the molecule is O=C(O)CCC(=O)NC(=O)NC1Cc2ccccc2C1. The molecule has 3 amide bonds. The molecule has 0 atom stereocenters. The van der Waals surface area contributed by atoms with E-state index < -0.39 is 17.9 Å². The highest BCUT2D eigenvalue weighted by Gasteiger charge is 2.22. The van der Waals surface area contributed by atoms with Crippen molar-refractivity contribution in [3.05, 3.63) is 35.4 Å². The maximum Gasteiger partial charge on any atom is 0.321 e. The van der Waals surface area contributed by atoms with Crippen LogP contribution >= 0.6 is 0 Å². The fourth-order valence-corrected chi connectivity index (χ4v) is 2.29. The number of hydrogen-bond acceptors (Lipinski definition) is 3. The number of benzene rings is 1. The number of imide groups is 1. The Labute approximate surface area is 116 Å². The standard InChI is InChI=1S/C14H16N2O4/c17-12(5-6-13(18)19)16-14(20)15-11-7-9-3-1-2-4-10(9)8-11/h1-4,11H,5-8H2,(H,18,19)(H2,15,16,17,20). The summed E-state index contributed by atoms with van der Waals surface area (Å²) in [5, 5.41) is 13.3. The van der Waals surface area contributed by atoms with Gasteiger partial charge in [-0.2, -0.15) is 0 Å². The zero-order valence-corrected chi connectivity index (χ0v) is 10.9. The van der Waals surface area contributed by atoms with Gasteiger partial charge in [0.1, 0.15) is 0 Å². The molecule has 3 N–H and O–H groups in total. The molecule has 1 aromatic carbocycles. The molecule has 0 bridgehead atoms. The number of carbonyl (C=O) groups excluding carboxylic acids is 2. The van der Waals surface area contributed by atoms with E-state index in [0.717, 1.165) is 12.8 Å². The van der Waals surface area contributed by atoms with Crippen molar-refractivity contribution in [2.24, 2.45) is 0 Å². The van der Waals surface area contributed by atoms with E-state index in [1.807, 2.05) is 24.3 Å². The molecule has 1 aliphatic rings. The van der Waals surface area contributed by atoms with Crippen molar-refractivity contribution in [3.63, 3.8) is 0 Å². The molecule has 1 aromatic rings. The number of fused-ring (bicyclic) bond motifs is 1. The number of carboxylic acids is 1. The van der Waals surface area contributed by atoms with Crippen LogP contribution in [-0.2, 0) is 22.4 Å². The highest BCUT2D eigenvalue weighted by molar-refractivity contribution is 5.95. The molecule has 0 saturated heterocycles. The summed E-state index contributed by atoms with van der Waals surface area (Å²) in [6, 6.07) is 7.35. The van der Waals surface area contributed by atoms with Gasteiger partial charge in [0.25, 0.3) is 0 Å². The van der Waals surface area contributed by atoms with Crippen LogP contribution < -0.4 is 10.6 Å². The number of amides is 3. The van der Waals surface area contributed by atoms with Gasteiger partial charge >= 0.3 is 12.0 Å². The van der Waals surface area contributed by atoms with Gasteiger partial charge < -0.3 is 10.4 Å². The summed E-state index contributed by atoms with van der Waals surface area (Å²) >= 11 is 0. The molecule has 0 aromatic heterocycles. The molecule has 0 unspecified atom stereocenters. The molecular weight excluding hydrogens is 260 g/mol. The number of carboxylic acid groups (broad SMARTS) is 1. The summed E-state index contributed by atoms with van der Waals surface area (Å²) in [7, 11) is 0. The van der Waals surface area contributed by atoms with E-state index in [2.05, 4.69) is 10.6 Å². The van der Waals surface area contributed by atoms with Crippen molar-refractivity contribution in [1.82, 2.24) is 10.6 Å². The minimum Gasteiger partial charge on any atom is -0.481 e. The number of nitrogens with one attached hydrogen (secondary N) is 2. The maximum atomic E-state index is 11.6. The fourth-order valence-electron chi connectivity index (χ4n) is 2.29. The molecular formula is C14H16N2O4. The van der Waals surface area contributed by atoms with E-state index in [-0.39, 0.29) is 18.9 Å². The summed E-state index contributed by atoms with van der Waals surface area (Å²) < 4.78 is 0. The Bertz CT molecular complexity index is 517. The molecule has 6 nitrogen and oxygen atoms in total. The second kappa shape index (κ2) is 6.18. The lowest BCUT2D eigenvalue weighted by Gasteiger charge is -2.12. The first-order chi connectivity index (χ1) is 9.54. The first-order valence-electron chi connectivity index (χ1n) is 6.43. The second-order valence-corrected chi connectivity index (χ2v) is 4.79. The molecule has 0 aliphatic heterocycles. The smallest absolute Gasteiger partial charge is 0.321 e. The number of rotatable bonds is 4. The summed E-state index contributed by atoms with van der Waals surface area (Å²) in [6.07, 6.45) is 1.00. The van der Waals surface area contributed by atoms with Crippen LogP contribution in [0.25, 0.3) is 0 Å². The van der Waals surface area contributed by atoms with Crippen molar-refractivity contribution in [3.8, 4) is 0 Å². The lowest BCUT2D eigenvalue weighted by atomic mass is 10.1. The predicted molar refractivity (Wildman–Crippen MR) is 71.2 cm³/mol. The third-order valence-electron chi connectivity index (χ3n) is 3.21. The van der Waals surface area contributed by atoms with Gasteiger partial charge in [-0.25, -0.2) is 4.79 Å². The van der Waals surface area contributed by atoms with Crippen LogP contribution in [0.1, 0.15) is 24.0 Å². The Morgan fingerprint density at radius 3 is 2.25 bits per heavy atom. The molecule has 0 radical (unpaired) electrons. The van der Waals surface area contributed by atoms with Crippen LogP contribution in [0.4, 0.5) is 4.79 Å². The number of carbonyl (C=O) groups is 3. The van der Waals surface area contributed by atoms with Gasteiger partial charge in [0.15, 0.2) is 0 Å². The van der Waals surface area contributed by atoms with E-state index in [0.29, 0.717) is 0 Å². The molecule has 20 heavy (non-hydrogen) atoms. The molecule has 2 rings (SSSR count). The number of aliphatic carboxylic acids is 1. The Hall–Kier alpha value is -2.37. The van der Waals surface area contributed by atoms with Gasteiger partial charge in [0, 0.05) is 12.5 Å². The fraction of sp³-hybridized carbons (Fsp3) is 0.357. The van der Waals surface area contributed by atoms with E-state index in [1.54, 1.807) is 0 Å². The Balaban J connectivity index is 1.76. The molecule has 0 fully saturated rings. The van der Waals surface area contributed by atoms with Gasteiger partial charge in [0.05, 0.1) is 6.42 Å². The normalized spacial score (nSPS) is 13.6. The average molecular weight is 276 g/mol. The third-order valence-corrected chi connectivity index (χ3v) is 3.21. The van der Waals surface area contributed by atoms with Crippen molar-refractivity contribution < 1.29 is 19.5 Å². The van der Waals surface area contributed by atoms with Crippen molar-refractivity contribution >= 4 is 17.9 Å². The molecule has 0 spiro atoms. The Morgan fingerprint density at radius 1 is 1.10 bits per heavy atom. The summed E-state index contributed by atoms with van der Waals surface area (Å²) in [4.78, 5) is 33.2. The minimum absolute atomic E-state index is 0.0281. The van der Waals surface area contributed by atoms with Gasteiger partial charge in [-0.05, 0) is 24.0 Å². The zero-order chi connectivity index (χ0) is 14.5. The highest BCUT2D eigenvalue weighted by atomic mass is 16.4. The van der Waals surface area contributed by atoms with Crippen molar-refractivity contribution in [2.75, 3.05) is 0 Å². The number of hydrogen-bond donors (Lipinski definition) is 3. The minimum atomic E-state index is -1.06. The van der Waals surface area contributed by atoms with Crippen LogP contribution in [0.3, 0.4) is 0 Å². The quantitative estimate of drug-likeness (QED) is 0.759. The molecule has 6 heteroatoms. The first kappa shape index (κ1) is 14.0. The maximum absolute atomic E-state index is 11.6. The largest absolute Gasteiger partial charge is 0.481 e. The average Bonchev–Trinajstić information content (AvgIpc) is 2.78. The van der Waals surface area contributed by atoms with Crippen molar-refractivity contribution in [2.45, 2.75) is 31.7 Å². The highest BCUT2D eigenvalue weighted by Crippen LogP contribution is 2.21. The van der Waals surface area contributed by atoms with Crippen molar-refractivity contribution in [1.29, 1.82) is 0 Å². The third kappa shape index (κ3) is 3.81. The van der Waals surface area contributed by atoms with E-state index >= 15 is 0 Å². The van der Waals surface area contributed by atoms with Crippen LogP contribution in [0.5, 0.6) is 0 Å². The first-order valence-corrected chi connectivity index (χ1v) is 6.43. The van der Waals surface area contributed by atoms with Gasteiger partial charge in [-0.15, -0.1) is 0 Å². The topological polar surface area (TPSA) is 95.5 Å². The summed E-state index contributed by atoms with van der Waals surface area (Å²) in [5.41, 5.74) is 2.41. The molecule has 106 valence electrons. The van der Waals surface area contributed by atoms with Crippen LogP contribution in [0.2, 0.25) is 0 Å². The van der Waals surface area contributed by atoms with E-state index in [1.165, 1.54) is 11.1 Å². The van der Waals surface area contributed by atoms with Gasteiger partial charge in [-0.1, -0.05) is 24.3 Å². The predicted octanol–water partition coefficient (Wildman–Crippen LogP) is 0.844. The Morgan fingerprint density at radius 2 is 1.70 bits per heavy atom. The zero-order valence-electron chi connectivity index (χ0n) is 10.9. The van der Waals surface area contributed by atoms with Crippen LogP contribution in [0, 0.1) is 0 Å². The summed E-state index contributed by atoms with van der Waals surface area (Å²) in [6.45, 7) is 0. The molecule has 1 aliphatic carbocycles. The summed E-state index contributed by atoms with van der Waals surface area (Å²) in [5.74, 6) is -1.65.